The third-order valence-corrected chi connectivity index (χ3v) is 2.35. The number of aromatic nitrogens is 1. The van der Waals surface area contributed by atoms with E-state index in [0.717, 1.165) is 6.20 Å². The number of nitrogens with two attached hydrogens (primary N) is 2. The first-order chi connectivity index (χ1) is 9.28. The monoisotopic (exact) mass is 293 g/mol. The summed E-state index contributed by atoms with van der Waals surface area (Å²) in [5, 5.41) is 0. The normalized spacial score (nSPS) is 11.2. The fraction of sp³-hybridized carbons (Fsp3) is 0.455. The Hall–Kier alpha value is -2.03. The number of halogens is 3. The molecule has 4 N–H and O–H groups in total. The highest BCUT2D eigenvalue weighted by atomic mass is 19.4. The molecule has 20 heavy (non-hydrogen) atoms. The first-order valence-corrected chi connectivity index (χ1v) is 5.66. The Labute approximate surface area is 112 Å². The Morgan fingerprint density at radius 3 is 2.55 bits per heavy atom. The van der Waals surface area contributed by atoms with Crippen molar-refractivity contribution in [2.24, 2.45) is 5.73 Å². The van der Waals surface area contributed by atoms with Crippen LogP contribution in [0.1, 0.15) is 18.1 Å². The number of nitrogen functional groups attached to an aromatic ring is 1. The number of alkyl halides is 3. The van der Waals surface area contributed by atoms with Crippen molar-refractivity contribution < 1.29 is 27.4 Å². The standard InChI is InChI=1S/C11H14F3N3O3/c1-2-19-9(18)3-6-7(4-15)8(5-17-10(6)16)20-11(12,13)14/h5H,2-4,15H2,1H3,(H2,16,17). The summed E-state index contributed by atoms with van der Waals surface area (Å²) in [6.45, 7) is 1.46. The number of nitrogens with zero attached hydrogens (tertiary/aromatic N) is 1. The molecule has 0 unspecified atom stereocenters. The summed E-state index contributed by atoms with van der Waals surface area (Å²) in [4.78, 5) is 15.0. The number of carbonyl (C=O) groups excluding carboxylic acids is 1. The van der Waals surface area contributed by atoms with Crippen molar-refractivity contribution >= 4 is 11.8 Å². The highest BCUT2D eigenvalue weighted by Gasteiger charge is 2.33. The van der Waals surface area contributed by atoms with E-state index in [2.05, 4.69) is 9.72 Å². The first-order valence-electron chi connectivity index (χ1n) is 5.66. The van der Waals surface area contributed by atoms with Crippen LogP contribution in [0.25, 0.3) is 0 Å². The Kier molecular flexibility index (Phi) is 5.14. The summed E-state index contributed by atoms with van der Waals surface area (Å²) in [5.41, 5.74) is 11.0. The average Bonchev–Trinajstić information content (AvgIpc) is 2.32. The van der Waals surface area contributed by atoms with Crippen molar-refractivity contribution in [2.75, 3.05) is 12.3 Å². The van der Waals surface area contributed by atoms with Gasteiger partial charge in [-0.15, -0.1) is 13.2 Å². The Bertz CT molecular complexity index is 492. The molecule has 0 aromatic carbocycles. The van der Waals surface area contributed by atoms with E-state index in [1.807, 2.05) is 0 Å². The number of pyridine rings is 1. The number of esters is 1. The third-order valence-electron chi connectivity index (χ3n) is 2.35. The highest BCUT2D eigenvalue weighted by molar-refractivity contribution is 5.75. The van der Waals surface area contributed by atoms with Crippen molar-refractivity contribution in [3.8, 4) is 5.75 Å². The maximum Gasteiger partial charge on any atom is 0.573 e. The van der Waals surface area contributed by atoms with Crippen LogP contribution < -0.4 is 16.2 Å². The van der Waals surface area contributed by atoms with Crippen LogP contribution in [0.5, 0.6) is 5.75 Å². The molecule has 1 aromatic rings. The van der Waals surface area contributed by atoms with Crippen molar-refractivity contribution in [3.05, 3.63) is 17.3 Å². The Balaban J connectivity index is 3.14. The van der Waals surface area contributed by atoms with E-state index < -0.39 is 18.1 Å². The topological polar surface area (TPSA) is 100 Å². The van der Waals surface area contributed by atoms with Gasteiger partial charge in [0.25, 0.3) is 0 Å². The molecule has 0 spiro atoms. The SMILES string of the molecule is CCOC(=O)Cc1c(N)ncc(OC(F)(F)F)c1CN. The van der Waals surface area contributed by atoms with E-state index in [1.165, 1.54) is 0 Å². The minimum Gasteiger partial charge on any atom is -0.466 e. The molecule has 112 valence electrons. The lowest BCUT2D eigenvalue weighted by Crippen LogP contribution is -2.21. The van der Waals surface area contributed by atoms with Gasteiger partial charge in [0.1, 0.15) is 5.82 Å². The molecule has 0 fully saturated rings. The molecule has 0 bridgehead atoms. The number of hydrogen-bond acceptors (Lipinski definition) is 6. The molecule has 0 radical (unpaired) electrons. The van der Waals surface area contributed by atoms with E-state index in [4.69, 9.17) is 16.2 Å². The summed E-state index contributed by atoms with van der Waals surface area (Å²) < 4.78 is 45.3. The zero-order valence-corrected chi connectivity index (χ0v) is 10.7. The number of hydrogen-bond donors (Lipinski definition) is 2. The van der Waals surface area contributed by atoms with E-state index in [1.54, 1.807) is 6.92 Å². The zero-order chi connectivity index (χ0) is 15.3. The lowest BCUT2D eigenvalue weighted by Gasteiger charge is -2.16. The summed E-state index contributed by atoms with van der Waals surface area (Å²) in [5.74, 6) is -1.30. The molecule has 1 aromatic heterocycles. The molecule has 0 saturated carbocycles. The lowest BCUT2D eigenvalue weighted by atomic mass is 10.1. The van der Waals surface area contributed by atoms with Crippen LogP contribution in [0.3, 0.4) is 0 Å². The largest absolute Gasteiger partial charge is 0.573 e. The molecule has 0 aliphatic rings. The summed E-state index contributed by atoms with van der Waals surface area (Å²) >= 11 is 0. The molecule has 0 aliphatic heterocycles. The molecule has 0 atom stereocenters. The predicted molar refractivity (Wildman–Crippen MR) is 63.6 cm³/mol. The molecular formula is C11H14F3N3O3. The van der Waals surface area contributed by atoms with E-state index in [-0.39, 0.29) is 36.5 Å². The highest BCUT2D eigenvalue weighted by Crippen LogP contribution is 2.30. The minimum atomic E-state index is -4.89. The van der Waals surface area contributed by atoms with Gasteiger partial charge in [0.2, 0.25) is 0 Å². The van der Waals surface area contributed by atoms with Gasteiger partial charge in [-0.1, -0.05) is 0 Å². The van der Waals surface area contributed by atoms with Gasteiger partial charge in [-0.3, -0.25) is 4.79 Å². The van der Waals surface area contributed by atoms with E-state index >= 15 is 0 Å². The number of carbonyl (C=O) groups is 1. The maximum atomic E-state index is 12.3. The van der Waals surface area contributed by atoms with Crippen LogP contribution in [0, 0.1) is 0 Å². The molecule has 0 amide bonds. The molecule has 0 aliphatic carbocycles. The minimum absolute atomic E-state index is 0.0251. The van der Waals surface area contributed by atoms with Gasteiger partial charge in [-0.25, -0.2) is 4.98 Å². The quantitative estimate of drug-likeness (QED) is 0.789. The molecule has 6 nitrogen and oxygen atoms in total. The van der Waals surface area contributed by atoms with Gasteiger partial charge in [-0.05, 0) is 6.92 Å². The van der Waals surface area contributed by atoms with Crippen LogP contribution in [-0.4, -0.2) is 23.9 Å². The van der Waals surface area contributed by atoms with Crippen LogP contribution >= 0.6 is 0 Å². The number of rotatable bonds is 5. The van der Waals surface area contributed by atoms with Gasteiger partial charge in [0.05, 0.1) is 19.2 Å². The first kappa shape index (κ1) is 16.0. The molecular weight excluding hydrogens is 279 g/mol. The smallest absolute Gasteiger partial charge is 0.466 e. The maximum absolute atomic E-state index is 12.3. The van der Waals surface area contributed by atoms with Crippen LogP contribution in [-0.2, 0) is 22.5 Å². The molecule has 0 saturated heterocycles. The van der Waals surface area contributed by atoms with E-state index in [0.29, 0.717) is 0 Å². The fourth-order valence-corrected chi connectivity index (χ4v) is 1.58. The van der Waals surface area contributed by atoms with E-state index in [9.17, 15) is 18.0 Å². The third kappa shape index (κ3) is 4.26. The average molecular weight is 293 g/mol. The molecule has 1 heterocycles. The predicted octanol–water partition coefficient (Wildman–Crippen LogP) is 1.13. The Morgan fingerprint density at radius 2 is 2.05 bits per heavy atom. The second kappa shape index (κ2) is 6.42. The van der Waals surface area contributed by atoms with Crippen LogP contribution in [0.2, 0.25) is 0 Å². The fourth-order valence-electron chi connectivity index (χ4n) is 1.58. The van der Waals surface area contributed by atoms with Crippen LogP contribution in [0.15, 0.2) is 6.20 Å². The van der Waals surface area contributed by atoms with Gasteiger partial charge in [-0.2, -0.15) is 0 Å². The van der Waals surface area contributed by atoms with Crippen molar-refractivity contribution in [3.63, 3.8) is 0 Å². The van der Waals surface area contributed by atoms with Gasteiger partial charge >= 0.3 is 12.3 Å². The molecule has 1 rings (SSSR count). The van der Waals surface area contributed by atoms with Crippen molar-refractivity contribution in [2.45, 2.75) is 26.3 Å². The second-order valence-electron chi connectivity index (χ2n) is 3.70. The number of anilines is 1. The van der Waals surface area contributed by atoms with Crippen molar-refractivity contribution in [1.29, 1.82) is 0 Å². The second-order valence-corrected chi connectivity index (χ2v) is 3.70. The summed E-state index contributed by atoms with van der Waals surface area (Å²) in [6.07, 6.45) is -4.39. The van der Waals surface area contributed by atoms with Crippen molar-refractivity contribution in [1.82, 2.24) is 4.98 Å². The van der Waals surface area contributed by atoms with Gasteiger partial charge in [0, 0.05) is 17.7 Å². The Morgan fingerprint density at radius 1 is 1.40 bits per heavy atom. The van der Waals surface area contributed by atoms with Gasteiger partial charge in [0.15, 0.2) is 5.75 Å². The van der Waals surface area contributed by atoms with Gasteiger partial charge < -0.3 is 20.9 Å². The molecule has 9 heteroatoms. The van der Waals surface area contributed by atoms with Crippen LogP contribution in [0.4, 0.5) is 19.0 Å². The lowest BCUT2D eigenvalue weighted by molar-refractivity contribution is -0.275. The summed E-state index contributed by atoms with van der Waals surface area (Å²) in [7, 11) is 0. The zero-order valence-electron chi connectivity index (χ0n) is 10.7. The summed E-state index contributed by atoms with van der Waals surface area (Å²) in [6, 6.07) is 0. The number of ether oxygens (including phenoxy) is 2.